The van der Waals surface area contributed by atoms with Crippen LogP contribution in [0.5, 0.6) is 11.6 Å². The number of carbonyl (C=O) groups excluding carboxylic acids is 2. The lowest BCUT2D eigenvalue weighted by molar-refractivity contribution is -0.154. The van der Waals surface area contributed by atoms with E-state index in [4.69, 9.17) is 9.47 Å². The molecule has 0 radical (unpaired) electrons. The molecule has 0 bridgehead atoms. The van der Waals surface area contributed by atoms with Gasteiger partial charge < -0.3 is 14.8 Å². The number of Topliss-reactive ketones (excluding diaryl/α,β-unsaturated/α-hetero) is 1. The summed E-state index contributed by atoms with van der Waals surface area (Å²) in [6.07, 6.45) is -1.20. The van der Waals surface area contributed by atoms with Gasteiger partial charge in [0.15, 0.2) is 12.4 Å². The van der Waals surface area contributed by atoms with E-state index in [0.29, 0.717) is 23.2 Å². The Kier molecular flexibility index (Phi) is 8.35. The van der Waals surface area contributed by atoms with Crippen molar-refractivity contribution in [3.05, 3.63) is 47.4 Å². The van der Waals surface area contributed by atoms with Crippen LogP contribution in [-0.4, -0.2) is 41.0 Å². The Morgan fingerprint density at radius 1 is 1.16 bits per heavy atom. The van der Waals surface area contributed by atoms with E-state index in [1.807, 2.05) is 0 Å². The summed E-state index contributed by atoms with van der Waals surface area (Å²) in [5.74, 6) is -0.605. The van der Waals surface area contributed by atoms with Crippen molar-refractivity contribution in [3.63, 3.8) is 0 Å². The van der Waals surface area contributed by atoms with Gasteiger partial charge in [0.05, 0.1) is 12.6 Å². The first kappa shape index (κ1) is 24.1. The lowest BCUT2D eigenvalue weighted by Gasteiger charge is -2.17. The quantitative estimate of drug-likeness (QED) is 0.605. The molecule has 0 aromatic carbocycles. The predicted molar refractivity (Wildman–Crippen MR) is 106 cm³/mol. The SMILES string of the molecule is CCOc1cc(C(C)NC(=O)c2ccnc(CC(=O)CC)c2)cnc1OCC(F)(F)F. The predicted octanol–water partition coefficient (Wildman–Crippen LogP) is 3.83. The molecule has 1 unspecified atom stereocenters. The number of ether oxygens (including phenoxy) is 2. The van der Waals surface area contributed by atoms with Crippen molar-refractivity contribution in [3.8, 4) is 11.6 Å². The van der Waals surface area contributed by atoms with E-state index in [1.54, 1.807) is 26.8 Å². The molecule has 7 nitrogen and oxygen atoms in total. The number of halogens is 3. The summed E-state index contributed by atoms with van der Waals surface area (Å²) in [5, 5.41) is 2.78. The molecule has 2 heterocycles. The summed E-state index contributed by atoms with van der Waals surface area (Å²) in [7, 11) is 0. The minimum Gasteiger partial charge on any atom is -0.488 e. The molecule has 10 heteroatoms. The Morgan fingerprint density at radius 2 is 1.90 bits per heavy atom. The van der Waals surface area contributed by atoms with Crippen molar-refractivity contribution in [2.24, 2.45) is 0 Å². The number of nitrogens with one attached hydrogen (secondary N) is 1. The van der Waals surface area contributed by atoms with E-state index in [2.05, 4.69) is 15.3 Å². The van der Waals surface area contributed by atoms with Crippen LogP contribution in [0.25, 0.3) is 0 Å². The smallest absolute Gasteiger partial charge is 0.422 e. The maximum Gasteiger partial charge on any atom is 0.422 e. The standard InChI is InChI=1S/C21H24F3N3O4/c1-4-17(28)10-16-8-14(6-7-25-16)19(29)27-13(3)15-9-18(30-5-2)20(26-11-15)31-12-21(22,23)24/h6-9,11,13H,4-5,10,12H2,1-3H3,(H,27,29). The third-order valence-electron chi connectivity index (χ3n) is 4.21. The second kappa shape index (κ2) is 10.7. The summed E-state index contributed by atoms with van der Waals surface area (Å²) in [5.41, 5.74) is 1.36. The highest BCUT2D eigenvalue weighted by Gasteiger charge is 2.29. The Morgan fingerprint density at radius 3 is 2.55 bits per heavy atom. The number of hydrogen-bond acceptors (Lipinski definition) is 6. The Balaban J connectivity index is 2.12. The molecule has 0 saturated carbocycles. The molecule has 2 aromatic rings. The molecule has 0 aliphatic heterocycles. The fraction of sp³-hybridized carbons (Fsp3) is 0.429. The lowest BCUT2D eigenvalue weighted by Crippen LogP contribution is -2.27. The van der Waals surface area contributed by atoms with Gasteiger partial charge in [-0.1, -0.05) is 6.92 Å². The molecule has 168 valence electrons. The molecule has 31 heavy (non-hydrogen) atoms. The molecule has 2 rings (SSSR count). The topological polar surface area (TPSA) is 90.4 Å². The lowest BCUT2D eigenvalue weighted by atomic mass is 10.1. The number of alkyl halides is 3. The van der Waals surface area contributed by atoms with Crippen LogP contribution in [-0.2, 0) is 11.2 Å². The van der Waals surface area contributed by atoms with Gasteiger partial charge in [-0.2, -0.15) is 13.2 Å². The Bertz CT molecular complexity index is 919. The molecular formula is C21H24F3N3O4. The van der Waals surface area contributed by atoms with Gasteiger partial charge in [0, 0.05) is 36.5 Å². The number of nitrogens with zero attached hydrogens (tertiary/aromatic N) is 2. The van der Waals surface area contributed by atoms with Gasteiger partial charge in [0.1, 0.15) is 5.78 Å². The fourth-order valence-corrected chi connectivity index (χ4v) is 2.61. The maximum atomic E-state index is 12.6. The number of aromatic nitrogens is 2. The molecule has 1 amide bonds. The van der Waals surface area contributed by atoms with Crippen molar-refractivity contribution in [2.45, 2.75) is 45.8 Å². The fourth-order valence-electron chi connectivity index (χ4n) is 2.61. The molecule has 0 aliphatic rings. The van der Waals surface area contributed by atoms with E-state index in [1.165, 1.54) is 24.5 Å². The van der Waals surface area contributed by atoms with E-state index in [9.17, 15) is 22.8 Å². The molecule has 1 atom stereocenters. The zero-order chi connectivity index (χ0) is 23.0. The van der Waals surface area contributed by atoms with Crippen LogP contribution < -0.4 is 14.8 Å². The molecule has 2 aromatic heterocycles. The second-order valence-corrected chi connectivity index (χ2v) is 6.71. The molecule has 1 N–H and O–H groups in total. The number of pyridine rings is 2. The zero-order valence-corrected chi connectivity index (χ0v) is 17.5. The van der Waals surface area contributed by atoms with Crippen LogP contribution in [0.2, 0.25) is 0 Å². The second-order valence-electron chi connectivity index (χ2n) is 6.71. The van der Waals surface area contributed by atoms with Crippen molar-refractivity contribution in [2.75, 3.05) is 13.2 Å². The molecule has 0 spiro atoms. The van der Waals surface area contributed by atoms with E-state index in [0.717, 1.165) is 0 Å². The highest BCUT2D eigenvalue weighted by Crippen LogP contribution is 2.29. The first-order valence-electron chi connectivity index (χ1n) is 9.72. The van der Waals surface area contributed by atoms with Crippen molar-refractivity contribution < 1.29 is 32.2 Å². The minimum absolute atomic E-state index is 0.0146. The number of amides is 1. The third-order valence-corrected chi connectivity index (χ3v) is 4.21. The average Bonchev–Trinajstić information content (AvgIpc) is 2.72. The summed E-state index contributed by atoms with van der Waals surface area (Å²) >= 11 is 0. The molecule has 0 aliphatic carbocycles. The first-order valence-corrected chi connectivity index (χ1v) is 9.72. The normalized spacial score (nSPS) is 12.2. The summed E-state index contributed by atoms with van der Waals surface area (Å²) in [6, 6.07) is 4.03. The number of ketones is 1. The largest absolute Gasteiger partial charge is 0.488 e. The molecule has 0 saturated heterocycles. The summed E-state index contributed by atoms with van der Waals surface area (Å²) in [6.45, 7) is 3.84. The highest BCUT2D eigenvalue weighted by atomic mass is 19.4. The average molecular weight is 439 g/mol. The highest BCUT2D eigenvalue weighted by molar-refractivity contribution is 5.94. The van der Waals surface area contributed by atoms with Crippen LogP contribution in [0.3, 0.4) is 0 Å². The first-order chi connectivity index (χ1) is 14.6. The van der Waals surface area contributed by atoms with Crippen LogP contribution in [0, 0.1) is 0 Å². The van der Waals surface area contributed by atoms with Crippen LogP contribution in [0.15, 0.2) is 30.6 Å². The maximum absolute atomic E-state index is 12.6. The van der Waals surface area contributed by atoms with Gasteiger partial charge in [0.2, 0.25) is 0 Å². The minimum atomic E-state index is -4.50. The van der Waals surface area contributed by atoms with Crippen LogP contribution >= 0.6 is 0 Å². The van der Waals surface area contributed by atoms with E-state index >= 15 is 0 Å². The van der Waals surface area contributed by atoms with E-state index < -0.39 is 24.7 Å². The summed E-state index contributed by atoms with van der Waals surface area (Å²) in [4.78, 5) is 32.2. The van der Waals surface area contributed by atoms with Gasteiger partial charge in [-0.25, -0.2) is 4.98 Å². The van der Waals surface area contributed by atoms with Gasteiger partial charge in [-0.05, 0) is 37.6 Å². The van der Waals surface area contributed by atoms with Crippen LogP contribution in [0.4, 0.5) is 13.2 Å². The molecule has 0 fully saturated rings. The Labute approximate surface area is 178 Å². The van der Waals surface area contributed by atoms with Gasteiger partial charge in [0.25, 0.3) is 11.8 Å². The zero-order valence-electron chi connectivity index (χ0n) is 17.5. The van der Waals surface area contributed by atoms with Crippen molar-refractivity contribution in [1.82, 2.24) is 15.3 Å². The summed E-state index contributed by atoms with van der Waals surface area (Å²) < 4.78 is 47.3. The monoisotopic (exact) mass is 439 g/mol. The van der Waals surface area contributed by atoms with Gasteiger partial charge in [-0.15, -0.1) is 0 Å². The van der Waals surface area contributed by atoms with Crippen molar-refractivity contribution >= 4 is 11.7 Å². The third kappa shape index (κ3) is 7.54. The van der Waals surface area contributed by atoms with Gasteiger partial charge in [-0.3, -0.25) is 14.6 Å². The van der Waals surface area contributed by atoms with Gasteiger partial charge >= 0.3 is 6.18 Å². The van der Waals surface area contributed by atoms with E-state index in [-0.39, 0.29) is 30.4 Å². The number of hydrogen-bond donors (Lipinski definition) is 1. The number of carbonyl (C=O) groups is 2. The van der Waals surface area contributed by atoms with Crippen LogP contribution in [0.1, 0.15) is 54.8 Å². The molecular weight excluding hydrogens is 415 g/mol. The van der Waals surface area contributed by atoms with Crippen molar-refractivity contribution in [1.29, 1.82) is 0 Å². The number of rotatable bonds is 10. The Hall–Kier alpha value is -3.17.